The van der Waals surface area contributed by atoms with Gasteiger partial charge in [0.05, 0.1) is 12.6 Å². The summed E-state index contributed by atoms with van der Waals surface area (Å²) < 4.78 is 0. The number of anilines is 1. The van der Waals surface area contributed by atoms with Crippen LogP contribution in [-0.4, -0.2) is 47.7 Å². The number of likely N-dealkylation sites (tertiary alicyclic amines) is 1. The largest absolute Gasteiger partial charge is 0.394 e. The Kier molecular flexibility index (Phi) is 5.98. The predicted octanol–water partition coefficient (Wildman–Crippen LogP) is 2.06. The van der Waals surface area contributed by atoms with Crippen LogP contribution in [0, 0.1) is 5.92 Å². The minimum Gasteiger partial charge on any atom is -0.394 e. The van der Waals surface area contributed by atoms with Crippen LogP contribution in [0.15, 0.2) is 24.3 Å². The molecule has 0 saturated carbocycles. The third kappa shape index (κ3) is 4.69. The first-order valence-corrected chi connectivity index (χ1v) is 8.08. The first kappa shape index (κ1) is 17.3. The van der Waals surface area contributed by atoms with Crippen molar-refractivity contribution in [3.63, 3.8) is 0 Å². The number of aliphatic hydroxyl groups excluding tert-OH is 1. The lowest BCUT2D eigenvalue weighted by atomic mass is 10.1. The van der Waals surface area contributed by atoms with Crippen LogP contribution >= 0.6 is 0 Å². The van der Waals surface area contributed by atoms with E-state index in [1.165, 1.54) is 0 Å². The molecule has 1 aliphatic rings. The predicted molar refractivity (Wildman–Crippen MR) is 89.4 cm³/mol. The van der Waals surface area contributed by atoms with E-state index in [4.69, 9.17) is 0 Å². The van der Waals surface area contributed by atoms with Crippen LogP contribution in [0.1, 0.15) is 37.0 Å². The van der Waals surface area contributed by atoms with Crippen molar-refractivity contribution < 1.29 is 14.7 Å². The highest BCUT2D eigenvalue weighted by Crippen LogP contribution is 2.19. The lowest BCUT2D eigenvalue weighted by Crippen LogP contribution is -2.40. The first-order chi connectivity index (χ1) is 11.0. The molecule has 0 spiro atoms. The minimum atomic E-state index is -0.235. The summed E-state index contributed by atoms with van der Waals surface area (Å²) in [7, 11) is 0. The van der Waals surface area contributed by atoms with Gasteiger partial charge in [-0.2, -0.15) is 0 Å². The van der Waals surface area contributed by atoms with E-state index in [-0.39, 0.29) is 24.6 Å². The van der Waals surface area contributed by atoms with Crippen LogP contribution in [0.3, 0.4) is 0 Å². The van der Waals surface area contributed by atoms with Crippen LogP contribution in [0.2, 0.25) is 0 Å². The molecule has 6 heteroatoms. The number of carbonyl (C=O) groups is 2. The van der Waals surface area contributed by atoms with Gasteiger partial charge in [-0.25, -0.2) is 4.79 Å². The standard InChI is InChI=1S/C17H25N3O3/c1-12(2)10-18-16(22)13-5-3-6-14(9-13)19-17(23)20-8-4-7-15(20)11-21/h3,5-6,9,12,15,21H,4,7-8,10-11H2,1-2H3,(H,18,22)(H,19,23). The summed E-state index contributed by atoms with van der Waals surface area (Å²) in [5.74, 6) is 0.233. The van der Waals surface area contributed by atoms with E-state index >= 15 is 0 Å². The zero-order valence-electron chi connectivity index (χ0n) is 13.7. The molecule has 1 aromatic carbocycles. The Bertz CT molecular complexity index is 560. The van der Waals surface area contributed by atoms with Crippen molar-refractivity contribution in [1.29, 1.82) is 0 Å². The SMILES string of the molecule is CC(C)CNC(=O)c1cccc(NC(=O)N2CCCC2CO)c1. The van der Waals surface area contributed by atoms with Crippen LogP contribution in [0.5, 0.6) is 0 Å². The van der Waals surface area contributed by atoms with E-state index in [1.807, 2.05) is 13.8 Å². The molecule has 2 rings (SSSR count). The molecular formula is C17H25N3O3. The number of amides is 3. The first-order valence-electron chi connectivity index (χ1n) is 8.08. The quantitative estimate of drug-likeness (QED) is 0.777. The third-order valence-corrected chi connectivity index (χ3v) is 3.90. The summed E-state index contributed by atoms with van der Waals surface area (Å²) in [6.07, 6.45) is 1.72. The molecule has 1 fully saturated rings. The summed E-state index contributed by atoms with van der Waals surface area (Å²) in [6, 6.07) is 6.53. The number of nitrogens with zero attached hydrogens (tertiary/aromatic N) is 1. The molecule has 1 atom stereocenters. The summed E-state index contributed by atoms with van der Waals surface area (Å²) >= 11 is 0. The number of carbonyl (C=O) groups excluding carboxylic acids is 2. The van der Waals surface area contributed by atoms with E-state index < -0.39 is 0 Å². The lowest BCUT2D eigenvalue weighted by Gasteiger charge is -2.23. The lowest BCUT2D eigenvalue weighted by molar-refractivity contribution is 0.0949. The topological polar surface area (TPSA) is 81.7 Å². The van der Waals surface area contributed by atoms with Gasteiger partial charge in [-0.15, -0.1) is 0 Å². The fraction of sp³-hybridized carbons (Fsp3) is 0.529. The normalized spacial score (nSPS) is 17.4. The van der Waals surface area contributed by atoms with Gasteiger partial charge in [-0.1, -0.05) is 19.9 Å². The number of urea groups is 1. The molecule has 23 heavy (non-hydrogen) atoms. The average molecular weight is 319 g/mol. The Morgan fingerprint density at radius 2 is 2.17 bits per heavy atom. The zero-order valence-corrected chi connectivity index (χ0v) is 13.7. The van der Waals surface area contributed by atoms with Crippen molar-refractivity contribution in [2.24, 2.45) is 5.92 Å². The highest BCUT2D eigenvalue weighted by atomic mass is 16.3. The van der Waals surface area contributed by atoms with Gasteiger partial charge in [0.2, 0.25) is 0 Å². The van der Waals surface area contributed by atoms with Gasteiger partial charge in [0.15, 0.2) is 0 Å². The fourth-order valence-electron chi connectivity index (χ4n) is 2.63. The summed E-state index contributed by atoms with van der Waals surface area (Å²) in [6.45, 7) is 5.30. The Balaban J connectivity index is 1.99. The second-order valence-corrected chi connectivity index (χ2v) is 6.29. The van der Waals surface area contributed by atoms with Gasteiger partial charge >= 0.3 is 6.03 Å². The number of aliphatic hydroxyl groups is 1. The third-order valence-electron chi connectivity index (χ3n) is 3.90. The van der Waals surface area contributed by atoms with E-state index in [1.54, 1.807) is 29.2 Å². The molecule has 1 saturated heterocycles. The van der Waals surface area contributed by atoms with Crippen molar-refractivity contribution in [1.82, 2.24) is 10.2 Å². The van der Waals surface area contributed by atoms with Crippen LogP contribution in [-0.2, 0) is 0 Å². The second kappa shape index (κ2) is 7.97. The molecular weight excluding hydrogens is 294 g/mol. The molecule has 1 aromatic rings. The molecule has 3 N–H and O–H groups in total. The smallest absolute Gasteiger partial charge is 0.322 e. The van der Waals surface area contributed by atoms with Gasteiger partial charge in [-0.3, -0.25) is 4.79 Å². The molecule has 0 bridgehead atoms. The molecule has 3 amide bonds. The highest BCUT2D eigenvalue weighted by molar-refractivity contribution is 5.97. The Morgan fingerprint density at radius 1 is 1.39 bits per heavy atom. The number of nitrogens with one attached hydrogen (secondary N) is 2. The monoisotopic (exact) mass is 319 g/mol. The molecule has 0 radical (unpaired) electrons. The van der Waals surface area contributed by atoms with E-state index in [2.05, 4.69) is 10.6 Å². The highest BCUT2D eigenvalue weighted by Gasteiger charge is 2.28. The molecule has 1 unspecified atom stereocenters. The van der Waals surface area contributed by atoms with Crippen LogP contribution < -0.4 is 10.6 Å². The molecule has 6 nitrogen and oxygen atoms in total. The second-order valence-electron chi connectivity index (χ2n) is 6.29. The van der Waals surface area contributed by atoms with Crippen molar-refractivity contribution in [2.75, 3.05) is 25.0 Å². The minimum absolute atomic E-state index is 0.0228. The van der Waals surface area contributed by atoms with Crippen molar-refractivity contribution in [2.45, 2.75) is 32.7 Å². The van der Waals surface area contributed by atoms with E-state index in [9.17, 15) is 14.7 Å². The van der Waals surface area contributed by atoms with E-state index in [0.29, 0.717) is 30.3 Å². The molecule has 0 aliphatic carbocycles. The number of hydrogen-bond acceptors (Lipinski definition) is 3. The maximum atomic E-state index is 12.3. The molecule has 1 aliphatic heterocycles. The molecule has 1 heterocycles. The summed E-state index contributed by atoms with van der Waals surface area (Å²) in [5.41, 5.74) is 1.10. The van der Waals surface area contributed by atoms with Gasteiger partial charge < -0.3 is 20.6 Å². The van der Waals surface area contributed by atoms with Crippen molar-refractivity contribution in [3.8, 4) is 0 Å². The summed E-state index contributed by atoms with van der Waals surface area (Å²) in [4.78, 5) is 26.0. The molecule has 126 valence electrons. The van der Waals surface area contributed by atoms with Gasteiger partial charge in [0.25, 0.3) is 5.91 Å². The fourth-order valence-corrected chi connectivity index (χ4v) is 2.63. The van der Waals surface area contributed by atoms with Gasteiger partial charge in [-0.05, 0) is 37.0 Å². The maximum Gasteiger partial charge on any atom is 0.322 e. The number of benzene rings is 1. The maximum absolute atomic E-state index is 12.3. The van der Waals surface area contributed by atoms with Crippen molar-refractivity contribution >= 4 is 17.6 Å². The Labute approximate surface area is 136 Å². The van der Waals surface area contributed by atoms with Gasteiger partial charge in [0, 0.05) is 24.3 Å². The van der Waals surface area contributed by atoms with Crippen LogP contribution in [0.25, 0.3) is 0 Å². The average Bonchev–Trinajstić information content (AvgIpc) is 3.01. The van der Waals surface area contributed by atoms with Gasteiger partial charge in [0.1, 0.15) is 0 Å². The zero-order chi connectivity index (χ0) is 16.8. The summed E-state index contributed by atoms with van der Waals surface area (Å²) in [5, 5.41) is 15.0. The number of hydrogen-bond donors (Lipinski definition) is 3. The molecule has 0 aromatic heterocycles. The Hall–Kier alpha value is -2.08. The van der Waals surface area contributed by atoms with E-state index in [0.717, 1.165) is 12.8 Å². The van der Waals surface area contributed by atoms with Crippen molar-refractivity contribution in [3.05, 3.63) is 29.8 Å². The number of rotatable bonds is 5. The Morgan fingerprint density at radius 3 is 2.87 bits per heavy atom. The van der Waals surface area contributed by atoms with Crippen LogP contribution in [0.4, 0.5) is 10.5 Å².